The van der Waals surface area contributed by atoms with Crippen LogP contribution >= 0.6 is 11.6 Å². The van der Waals surface area contributed by atoms with Crippen LogP contribution in [0.5, 0.6) is 23.0 Å². The van der Waals surface area contributed by atoms with Gasteiger partial charge in [-0.2, -0.15) is 0 Å². The fourth-order valence-corrected chi connectivity index (χ4v) is 4.94. The Morgan fingerprint density at radius 2 is 1.59 bits per heavy atom. The molecule has 3 aromatic carbocycles. The zero-order valence-corrected chi connectivity index (χ0v) is 29.2. The van der Waals surface area contributed by atoms with Crippen molar-refractivity contribution in [1.82, 2.24) is 4.98 Å². The van der Waals surface area contributed by atoms with Crippen molar-refractivity contribution in [3.8, 4) is 23.0 Å². The number of ether oxygens (including phenoxy) is 3. The minimum atomic E-state index is -1.22. The molecule has 2 N–H and O–H groups in total. The monoisotopic (exact) mass is 673 g/mol. The molecule has 10 nitrogen and oxygen atoms in total. The molecule has 0 saturated heterocycles. The van der Waals surface area contributed by atoms with Crippen LogP contribution in [0, 0.1) is 11.2 Å². The number of methoxy groups -OCH3 is 1. The molecule has 4 aromatic rings. The number of nitrogens with zero attached hydrogens (tertiary/aromatic N) is 1. The van der Waals surface area contributed by atoms with Crippen LogP contribution in [0.25, 0.3) is 10.9 Å². The first-order valence-corrected chi connectivity index (χ1v) is 14.7. The number of benzene rings is 3. The van der Waals surface area contributed by atoms with Crippen molar-refractivity contribution < 1.29 is 89.5 Å². The molecule has 1 heterocycles. The molecule has 1 aliphatic carbocycles. The Hall–Kier alpha value is -3.26. The molecule has 1 aromatic heterocycles. The summed E-state index contributed by atoms with van der Waals surface area (Å²) in [5.74, 6) is -0.662. The van der Waals surface area contributed by atoms with Crippen molar-refractivity contribution >= 4 is 51.7 Å². The number of nitrogens with one attached hydrogen (secondary N) is 2. The van der Waals surface area contributed by atoms with Gasteiger partial charge in [-0.1, -0.05) is 11.6 Å². The minimum absolute atomic E-state index is 0. The van der Waals surface area contributed by atoms with E-state index in [1.165, 1.54) is 37.4 Å². The largest absolute Gasteiger partial charge is 1.00 e. The number of carboxylic acids is 1. The standard InChI is InChI=1S/C33H31ClFN3O7.K/c1-43-28-18-23-25(19-29(28)44-16-4-2-3-5-30(39)40)36-15-12-26(23)45-27-11-10-22(17-24(27)34)38-32(42)33(13-14-33)31(41)37-21-8-6-20(35)7-9-21;/h6-12,15,17-19H,2-5,13-14,16H2,1H3,(H,37,41)(H,38,42)(H,39,40);/q;+1/p-1. The van der Waals surface area contributed by atoms with Gasteiger partial charge in [0.15, 0.2) is 11.5 Å². The Labute approximate surface area is 312 Å². The predicted molar refractivity (Wildman–Crippen MR) is 164 cm³/mol. The zero-order valence-electron chi connectivity index (χ0n) is 25.4. The number of rotatable bonds is 14. The van der Waals surface area contributed by atoms with Crippen molar-refractivity contribution in [2.24, 2.45) is 5.41 Å². The van der Waals surface area contributed by atoms with E-state index >= 15 is 0 Å². The number of anilines is 2. The van der Waals surface area contributed by atoms with Gasteiger partial charge >= 0.3 is 51.4 Å². The number of hydrogen-bond acceptors (Lipinski definition) is 8. The minimum Gasteiger partial charge on any atom is -0.550 e. The molecule has 5 rings (SSSR count). The van der Waals surface area contributed by atoms with Crippen molar-refractivity contribution in [3.05, 3.63) is 77.7 Å². The zero-order chi connectivity index (χ0) is 32.0. The summed E-state index contributed by atoms with van der Waals surface area (Å²) in [6, 6.07) is 15.3. The van der Waals surface area contributed by atoms with Gasteiger partial charge in [-0.05, 0) is 93.1 Å². The molecule has 0 aliphatic heterocycles. The normalized spacial score (nSPS) is 12.8. The maximum atomic E-state index is 13.2. The van der Waals surface area contributed by atoms with Crippen LogP contribution in [-0.2, 0) is 14.4 Å². The smallest absolute Gasteiger partial charge is 0.550 e. The maximum Gasteiger partial charge on any atom is 1.00 e. The van der Waals surface area contributed by atoms with E-state index in [1.807, 2.05) is 0 Å². The predicted octanol–water partition coefficient (Wildman–Crippen LogP) is 2.88. The maximum absolute atomic E-state index is 13.2. The fraction of sp³-hybridized carbons (Fsp3) is 0.273. The number of fused-ring (bicyclic) bond motifs is 1. The number of carbonyl (C=O) groups is 3. The van der Waals surface area contributed by atoms with Gasteiger partial charge in [0.1, 0.15) is 22.7 Å². The van der Waals surface area contributed by atoms with Crippen molar-refractivity contribution in [2.75, 3.05) is 24.4 Å². The second-order valence-corrected chi connectivity index (χ2v) is 11.0. The summed E-state index contributed by atoms with van der Waals surface area (Å²) in [5.41, 5.74) is 0.166. The van der Waals surface area contributed by atoms with E-state index in [-0.39, 0.29) is 62.8 Å². The number of carboxylic acid groups (broad SMARTS) is 1. The van der Waals surface area contributed by atoms with Crippen LogP contribution in [0.4, 0.5) is 15.8 Å². The van der Waals surface area contributed by atoms with Crippen molar-refractivity contribution in [2.45, 2.75) is 38.5 Å². The Balaban J connectivity index is 0.00000480. The molecule has 0 unspecified atom stereocenters. The summed E-state index contributed by atoms with van der Waals surface area (Å²) in [6.45, 7) is 0.379. The summed E-state index contributed by atoms with van der Waals surface area (Å²) in [4.78, 5) is 40.9. The van der Waals surface area contributed by atoms with E-state index in [1.54, 1.807) is 36.5 Å². The van der Waals surface area contributed by atoms with Gasteiger partial charge in [-0.25, -0.2) is 4.39 Å². The molecule has 46 heavy (non-hydrogen) atoms. The average Bonchev–Trinajstić information content (AvgIpc) is 3.83. The van der Waals surface area contributed by atoms with Gasteiger partial charge in [0.25, 0.3) is 0 Å². The first-order valence-electron chi connectivity index (χ1n) is 14.3. The third-order valence-corrected chi connectivity index (χ3v) is 7.70. The van der Waals surface area contributed by atoms with Crippen molar-refractivity contribution in [1.29, 1.82) is 0 Å². The van der Waals surface area contributed by atoms with Crippen LogP contribution in [-0.4, -0.2) is 36.5 Å². The topological polar surface area (TPSA) is 139 Å². The number of pyridine rings is 1. The summed E-state index contributed by atoms with van der Waals surface area (Å²) in [6.07, 6.45) is 4.26. The number of hydrogen-bond donors (Lipinski definition) is 2. The Morgan fingerprint density at radius 1 is 0.891 bits per heavy atom. The van der Waals surface area contributed by atoms with E-state index in [2.05, 4.69) is 15.6 Å². The van der Waals surface area contributed by atoms with Gasteiger partial charge in [0.05, 0.1) is 24.3 Å². The Bertz CT molecular complexity index is 1730. The van der Waals surface area contributed by atoms with Gasteiger partial charge in [0.2, 0.25) is 11.8 Å². The van der Waals surface area contributed by atoms with E-state index in [0.717, 1.165) is 0 Å². The van der Waals surface area contributed by atoms with Crippen LogP contribution < -0.4 is 81.3 Å². The second kappa shape index (κ2) is 16.0. The molecule has 234 valence electrons. The Morgan fingerprint density at radius 3 is 2.24 bits per heavy atom. The first-order chi connectivity index (χ1) is 21.7. The number of unbranched alkanes of at least 4 members (excludes halogenated alkanes) is 2. The molecule has 0 radical (unpaired) electrons. The summed E-state index contributed by atoms with van der Waals surface area (Å²) >= 11 is 6.54. The molecule has 1 fully saturated rings. The third kappa shape index (κ3) is 8.75. The third-order valence-electron chi connectivity index (χ3n) is 7.40. The number of aromatic nitrogens is 1. The van der Waals surface area contributed by atoms with Crippen LogP contribution in [0.15, 0.2) is 66.9 Å². The molecule has 0 atom stereocenters. The van der Waals surface area contributed by atoms with E-state index in [4.69, 9.17) is 25.8 Å². The summed E-state index contributed by atoms with van der Waals surface area (Å²) in [5, 5.41) is 16.9. The first kappa shape index (κ1) is 35.6. The number of halogens is 2. The molecule has 13 heteroatoms. The van der Waals surface area contributed by atoms with Crippen LogP contribution in [0.1, 0.15) is 38.5 Å². The van der Waals surface area contributed by atoms with Crippen molar-refractivity contribution in [3.63, 3.8) is 0 Å². The molecule has 0 spiro atoms. The fourth-order valence-electron chi connectivity index (χ4n) is 4.72. The van der Waals surface area contributed by atoms with Crippen LogP contribution in [0.2, 0.25) is 5.02 Å². The Kier molecular flexibility index (Phi) is 12.4. The molecule has 2 amide bonds. The summed E-state index contributed by atoms with van der Waals surface area (Å²) in [7, 11) is 1.52. The van der Waals surface area contributed by atoms with Gasteiger partial charge < -0.3 is 34.7 Å². The number of amides is 2. The van der Waals surface area contributed by atoms with Gasteiger partial charge in [-0.15, -0.1) is 0 Å². The number of carbonyl (C=O) groups excluding carboxylic acids is 3. The van der Waals surface area contributed by atoms with E-state index in [9.17, 15) is 23.9 Å². The molecule has 0 bridgehead atoms. The SMILES string of the molecule is COc1cc2c(Oc3ccc(NC(=O)C4(C(=O)Nc5ccc(F)cc5)CC4)cc3Cl)ccnc2cc1OCCCCCC(=O)[O-].[K+]. The van der Waals surface area contributed by atoms with Crippen LogP contribution in [0.3, 0.4) is 0 Å². The second-order valence-electron chi connectivity index (χ2n) is 10.6. The molecule has 1 aliphatic rings. The van der Waals surface area contributed by atoms with E-state index < -0.39 is 29.0 Å². The molecular weight excluding hydrogens is 644 g/mol. The average molecular weight is 674 g/mol. The molecular formula is C33H30ClFKN3O7. The quantitative estimate of drug-likeness (QED) is 0.118. The summed E-state index contributed by atoms with van der Waals surface area (Å²) < 4.78 is 30.7. The molecule has 1 saturated carbocycles. The van der Waals surface area contributed by atoms with Gasteiger partial charge in [0, 0.05) is 35.0 Å². The van der Waals surface area contributed by atoms with Gasteiger partial charge in [-0.3, -0.25) is 14.6 Å². The van der Waals surface area contributed by atoms with E-state index in [0.29, 0.717) is 84.0 Å². The number of aliphatic carboxylic acids is 1.